The molecular weight excluding hydrogens is 399 g/mol. The van der Waals surface area contributed by atoms with Gasteiger partial charge in [0.05, 0.1) is 24.1 Å². The second-order valence-electron chi connectivity index (χ2n) is 8.21. The van der Waals surface area contributed by atoms with Crippen molar-refractivity contribution in [2.75, 3.05) is 13.1 Å². The van der Waals surface area contributed by atoms with Gasteiger partial charge in [-0.2, -0.15) is 0 Å². The largest absolute Gasteiger partial charge is 0.425 e. The van der Waals surface area contributed by atoms with E-state index in [0.717, 1.165) is 36.1 Å². The summed E-state index contributed by atoms with van der Waals surface area (Å²) in [6.45, 7) is 6.91. The topological polar surface area (TPSA) is 78.8 Å². The molecule has 1 aromatic carbocycles. The van der Waals surface area contributed by atoms with E-state index in [1.165, 1.54) is 23.0 Å². The van der Waals surface area contributed by atoms with Crippen LogP contribution in [0.1, 0.15) is 25.0 Å². The number of aromatic amines is 1. The lowest BCUT2D eigenvalue weighted by Gasteiger charge is -2.35. The summed E-state index contributed by atoms with van der Waals surface area (Å²) in [7, 11) is 0. The molecule has 0 amide bonds. The summed E-state index contributed by atoms with van der Waals surface area (Å²) in [4.78, 5) is 23.1. The van der Waals surface area contributed by atoms with Crippen molar-refractivity contribution in [2.45, 2.75) is 39.1 Å². The molecule has 1 aliphatic heterocycles. The second kappa shape index (κ2) is 7.82. The summed E-state index contributed by atoms with van der Waals surface area (Å²) in [5.74, 6) is -0.312. The fraction of sp³-hybridized carbons (Fsp3) is 0.364. The summed E-state index contributed by atoms with van der Waals surface area (Å²) in [5.41, 5.74) is 2.73. The Labute approximate surface area is 177 Å². The number of nitrogens with zero attached hydrogens (tertiary/aromatic N) is 5. The number of hydrogen-bond acceptors (Lipinski definition) is 5. The molecule has 0 spiro atoms. The molecule has 0 radical (unpaired) electrons. The average molecular weight is 423 g/mol. The van der Waals surface area contributed by atoms with Gasteiger partial charge in [-0.1, -0.05) is 12.1 Å². The molecule has 0 aliphatic carbocycles. The maximum atomic E-state index is 13.3. The molecule has 5 rings (SSSR count). The third-order valence-corrected chi connectivity index (χ3v) is 5.59. The Hall–Kier alpha value is -3.17. The number of nitrogens with one attached hydrogen (secondary N) is 1. The Morgan fingerprint density at radius 2 is 1.87 bits per heavy atom. The number of ether oxygens (including phenoxy) is 1. The van der Waals surface area contributed by atoms with Gasteiger partial charge >= 0.3 is 5.69 Å². The molecule has 31 heavy (non-hydrogen) atoms. The summed E-state index contributed by atoms with van der Waals surface area (Å²) in [6, 6.07) is 8.17. The number of rotatable bonds is 4. The van der Waals surface area contributed by atoms with Crippen LogP contribution in [0.25, 0.3) is 16.7 Å². The minimum absolute atomic E-state index is 0.188. The van der Waals surface area contributed by atoms with Crippen molar-refractivity contribution in [1.29, 1.82) is 0 Å². The molecule has 0 bridgehead atoms. The van der Waals surface area contributed by atoms with Gasteiger partial charge in [0, 0.05) is 30.9 Å². The van der Waals surface area contributed by atoms with Crippen LogP contribution in [0.3, 0.4) is 0 Å². The van der Waals surface area contributed by atoms with Crippen molar-refractivity contribution in [2.24, 2.45) is 0 Å². The summed E-state index contributed by atoms with van der Waals surface area (Å²) in [6.07, 6.45) is 3.69. The average Bonchev–Trinajstić information content (AvgIpc) is 3.22. The first kappa shape index (κ1) is 19.8. The van der Waals surface area contributed by atoms with Gasteiger partial charge in [-0.15, -0.1) is 0 Å². The molecule has 4 heterocycles. The molecule has 4 aromatic rings. The first-order chi connectivity index (χ1) is 15.0. The van der Waals surface area contributed by atoms with E-state index in [0.29, 0.717) is 11.3 Å². The Morgan fingerprint density at radius 3 is 2.61 bits per heavy atom. The van der Waals surface area contributed by atoms with Crippen LogP contribution in [0, 0.1) is 5.82 Å². The maximum Gasteiger partial charge on any atom is 0.425 e. The SMILES string of the molecule is C[C@@H]1CN(Cc2cnc3c(c2)c2[nH+]cnn2c(=O)n3Cc2ccc(F)cc2)C[C@H](C)O1. The van der Waals surface area contributed by atoms with Crippen LogP contribution in [0.15, 0.2) is 47.7 Å². The fourth-order valence-corrected chi connectivity index (χ4v) is 4.37. The molecule has 1 saturated heterocycles. The van der Waals surface area contributed by atoms with Gasteiger partial charge in [-0.05, 0) is 47.7 Å². The molecular formula is C22H24FN6O2+. The van der Waals surface area contributed by atoms with Crippen molar-refractivity contribution in [3.8, 4) is 0 Å². The standard InChI is InChI=1S/C22H23FN6O2/c1-14-9-27(10-15(2)31-14)11-17-7-19-20(24-8-17)28(12-16-3-5-18(23)6-4-16)22(30)29-21(19)25-13-26-29/h3-8,13-15H,9-12H2,1-2H3/p+1/t14-,15+. The number of aromatic nitrogens is 5. The van der Waals surface area contributed by atoms with Crippen molar-refractivity contribution in [3.05, 3.63) is 70.3 Å². The summed E-state index contributed by atoms with van der Waals surface area (Å²) in [5, 5.41) is 4.97. The zero-order chi connectivity index (χ0) is 21.5. The van der Waals surface area contributed by atoms with E-state index in [1.54, 1.807) is 16.7 Å². The second-order valence-corrected chi connectivity index (χ2v) is 8.21. The predicted octanol–water partition coefficient (Wildman–Crippen LogP) is 1.65. The van der Waals surface area contributed by atoms with E-state index in [-0.39, 0.29) is 30.3 Å². The van der Waals surface area contributed by atoms with Crippen LogP contribution in [0.2, 0.25) is 0 Å². The highest BCUT2D eigenvalue weighted by molar-refractivity contribution is 5.87. The molecule has 3 aromatic heterocycles. The van der Waals surface area contributed by atoms with Gasteiger partial charge in [0.1, 0.15) is 5.82 Å². The van der Waals surface area contributed by atoms with Crippen molar-refractivity contribution in [1.82, 2.24) is 24.1 Å². The van der Waals surface area contributed by atoms with Crippen molar-refractivity contribution >= 4 is 16.7 Å². The lowest BCUT2D eigenvalue weighted by Crippen LogP contribution is -2.44. The van der Waals surface area contributed by atoms with E-state index < -0.39 is 0 Å². The van der Waals surface area contributed by atoms with Crippen LogP contribution in [0.4, 0.5) is 4.39 Å². The number of benzene rings is 1. The van der Waals surface area contributed by atoms with Crippen molar-refractivity contribution < 1.29 is 14.1 Å². The van der Waals surface area contributed by atoms with Crippen molar-refractivity contribution in [3.63, 3.8) is 0 Å². The quantitative estimate of drug-likeness (QED) is 0.499. The number of morpholine rings is 1. The number of halogens is 1. The van der Waals surface area contributed by atoms with Crippen LogP contribution in [-0.2, 0) is 17.8 Å². The summed E-state index contributed by atoms with van der Waals surface area (Å²) >= 11 is 0. The third-order valence-electron chi connectivity index (χ3n) is 5.59. The van der Waals surface area contributed by atoms with Gasteiger partial charge in [-0.25, -0.2) is 19.2 Å². The fourth-order valence-electron chi connectivity index (χ4n) is 4.37. The highest BCUT2D eigenvalue weighted by Gasteiger charge is 2.24. The van der Waals surface area contributed by atoms with E-state index in [4.69, 9.17) is 4.74 Å². The van der Waals surface area contributed by atoms with E-state index in [2.05, 4.69) is 39.9 Å². The monoisotopic (exact) mass is 423 g/mol. The number of H-pyrrole nitrogens is 1. The normalized spacial score (nSPS) is 20.0. The number of hydrogen-bond donors (Lipinski definition) is 0. The minimum Gasteiger partial charge on any atom is -0.373 e. The molecule has 8 nitrogen and oxygen atoms in total. The zero-order valence-corrected chi connectivity index (χ0v) is 17.5. The molecule has 1 aliphatic rings. The number of pyridine rings is 1. The van der Waals surface area contributed by atoms with Gasteiger partial charge in [0.25, 0.3) is 12.0 Å². The van der Waals surface area contributed by atoms with Gasteiger partial charge < -0.3 is 4.74 Å². The highest BCUT2D eigenvalue weighted by Crippen LogP contribution is 2.19. The Bertz CT molecular complexity index is 1290. The third kappa shape index (κ3) is 3.82. The Kier molecular flexibility index (Phi) is 4.99. The molecule has 0 unspecified atom stereocenters. The van der Waals surface area contributed by atoms with E-state index >= 15 is 0 Å². The Morgan fingerprint density at radius 1 is 1.13 bits per heavy atom. The predicted molar refractivity (Wildman–Crippen MR) is 112 cm³/mol. The molecule has 160 valence electrons. The maximum absolute atomic E-state index is 13.3. The first-order valence-corrected chi connectivity index (χ1v) is 10.4. The molecule has 0 saturated carbocycles. The zero-order valence-electron chi connectivity index (χ0n) is 17.5. The minimum atomic E-state index is -0.312. The van der Waals surface area contributed by atoms with E-state index in [9.17, 15) is 9.18 Å². The van der Waals surface area contributed by atoms with Crippen LogP contribution in [-0.4, -0.2) is 49.4 Å². The number of fused-ring (bicyclic) bond motifs is 3. The molecule has 1 N–H and O–H groups in total. The highest BCUT2D eigenvalue weighted by atomic mass is 19.1. The van der Waals surface area contributed by atoms with Gasteiger partial charge in [-0.3, -0.25) is 9.47 Å². The molecule has 1 fully saturated rings. The lowest BCUT2D eigenvalue weighted by atomic mass is 10.1. The smallest absolute Gasteiger partial charge is 0.373 e. The lowest BCUT2D eigenvalue weighted by molar-refractivity contribution is -0.345. The molecule has 9 heteroatoms. The van der Waals surface area contributed by atoms with E-state index in [1.807, 2.05) is 6.20 Å². The van der Waals surface area contributed by atoms with Crippen LogP contribution >= 0.6 is 0 Å². The van der Waals surface area contributed by atoms with Gasteiger partial charge in [0.2, 0.25) is 0 Å². The molecule has 2 atom stereocenters. The summed E-state index contributed by atoms with van der Waals surface area (Å²) < 4.78 is 22.0. The van der Waals surface area contributed by atoms with Gasteiger partial charge in [0.15, 0.2) is 5.65 Å². The Balaban J connectivity index is 1.57. The van der Waals surface area contributed by atoms with Crippen LogP contribution in [0.5, 0.6) is 0 Å². The van der Waals surface area contributed by atoms with Crippen LogP contribution < -0.4 is 10.7 Å². The first-order valence-electron chi connectivity index (χ1n) is 10.4.